The summed E-state index contributed by atoms with van der Waals surface area (Å²) < 4.78 is 5.33. The third kappa shape index (κ3) is 4.57. The van der Waals surface area contributed by atoms with Crippen molar-refractivity contribution >= 4 is 0 Å². The number of nitrogens with zero attached hydrogens (tertiary/aromatic N) is 1. The Morgan fingerprint density at radius 3 is 3.00 bits per heavy atom. The minimum Gasteiger partial charge on any atom is -0.396 e. The molecule has 1 atom stereocenters. The average molecular weight is 188 g/mol. The smallest absolute Gasteiger partial charge is 0.0593 e. The maximum absolute atomic E-state index is 8.70. The van der Waals surface area contributed by atoms with Gasteiger partial charge in [0.15, 0.2) is 0 Å². The molecule has 0 aliphatic carbocycles. The molecule has 1 heterocycles. The van der Waals surface area contributed by atoms with Crippen LogP contribution in [-0.2, 0) is 4.74 Å². The zero-order valence-corrected chi connectivity index (χ0v) is 8.11. The van der Waals surface area contributed by atoms with Gasteiger partial charge in [-0.1, -0.05) is 0 Å². The lowest BCUT2D eigenvalue weighted by atomic mass is 10.2. The standard InChI is InChI=1S/C9H20N2O2/c10-9(2-5-12)8-11-3-1-6-13-7-4-11/h9,12H,1-8,10H2. The summed E-state index contributed by atoms with van der Waals surface area (Å²) in [5, 5.41) is 8.70. The number of ether oxygens (including phenoxy) is 1. The first-order valence-electron chi connectivity index (χ1n) is 4.99. The Morgan fingerprint density at radius 2 is 2.23 bits per heavy atom. The molecule has 78 valence electrons. The molecule has 1 unspecified atom stereocenters. The minimum atomic E-state index is 0.100. The van der Waals surface area contributed by atoms with Crippen molar-refractivity contribution in [2.24, 2.45) is 5.73 Å². The molecule has 4 nitrogen and oxygen atoms in total. The van der Waals surface area contributed by atoms with Crippen molar-refractivity contribution in [2.75, 3.05) is 39.5 Å². The Kier molecular flexibility index (Phi) is 5.31. The Hall–Kier alpha value is -0.160. The number of rotatable bonds is 4. The molecule has 0 radical (unpaired) electrons. The second kappa shape index (κ2) is 6.32. The molecular formula is C9H20N2O2. The van der Waals surface area contributed by atoms with Crippen LogP contribution in [0.4, 0.5) is 0 Å². The van der Waals surface area contributed by atoms with E-state index in [1.807, 2.05) is 0 Å². The highest BCUT2D eigenvalue weighted by molar-refractivity contribution is 4.69. The van der Waals surface area contributed by atoms with Crippen molar-refractivity contribution < 1.29 is 9.84 Å². The van der Waals surface area contributed by atoms with Crippen LogP contribution in [0.3, 0.4) is 0 Å². The van der Waals surface area contributed by atoms with Gasteiger partial charge in [0.05, 0.1) is 6.61 Å². The maximum atomic E-state index is 8.70. The van der Waals surface area contributed by atoms with Crippen molar-refractivity contribution in [1.82, 2.24) is 4.90 Å². The van der Waals surface area contributed by atoms with E-state index < -0.39 is 0 Å². The molecule has 0 aromatic heterocycles. The second-order valence-corrected chi connectivity index (χ2v) is 3.54. The third-order valence-corrected chi connectivity index (χ3v) is 2.31. The van der Waals surface area contributed by atoms with Gasteiger partial charge in [0.1, 0.15) is 0 Å². The fraction of sp³-hybridized carbons (Fsp3) is 1.00. The van der Waals surface area contributed by atoms with Gasteiger partial charge in [-0.2, -0.15) is 0 Å². The largest absolute Gasteiger partial charge is 0.396 e. The molecule has 0 aromatic carbocycles. The first kappa shape index (κ1) is 10.9. The van der Waals surface area contributed by atoms with Crippen molar-refractivity contribution in [3.63, 3.8) is 0 Å². The van der Waals surface area contributed by atoms with Crippen molar-refractivity contribution in [3.05, 3.63) is 0 Å². The van der Waals surface area contributed by atoms with Crippen molar-refractivity contribution in [2.45, 2.75) is 18.9 Å². The van der Waals surface area contributed by atoms with Crippen LogP contribution in [0.15, 0.2) is 0 Å². The van der Waals surface area contributed by atoms with Gasteiger partial charge in [0.2, 0.25) is 0 Å². The van der Waals surface area contributed by atoms with Gasteiger partial charge in [-0.05, 0) is 12.8 Å². The summed E-state index contributed by atoms with van der Waals surface area (Å²) in [7, 11) is 0. The monoisotopic (exact) mass is 188 g/mol. The summed E-state index contributed by atoms with van der Waals surface area (Å²) in [4.78, 5) is 2.31. The van der Waals surface area contributed by atoms with Crippen LogP contribution in [0.1, 0.15) is 12.8 Å². The first-order valence-corrected chi connectivity index (χ1v) is 4.99. The van der Waals surface area contributed by atoms with E-state index >= 15 is 0 Å². The molecule has 0 spiro atoms. The van der Waals surface area contributed by atoms with Crippen LogP contribution in [0, 0.1) is 0 Å². The summed E-state index contributed by atoms with van der Waals surface area (Å²) in [5.41, 5.74) is 5.82. The highest BCUT2D eigenvalue weighted by Gasteiger charge is 2.12. The first-order chi connectivity index (χ1) is 6.33. The van der Waals surface area contributed by atoms with Crippen LogP contribution >= 0.6 is 0 Å². The molecule has 1 saturated heterocycles. The summed E-state index contributed by atoms with van der Waals surface area (Å²) in [6.45, 7) is 4.78. The van der Waals surface area contributed by atoms with Crippen LogP contribution < -0.4 is 5.73 Å². The normalized spacial score (nSPS) is 22.6. The van der Waals surface area contributed by atoms with E-state index in [2.05, 4.69) is 4.90 Å². The average Bonchev–Trinajstić information content (AvgIpc) is 2.33. The molecule has 0 saturated carbocycles. The number of aliphatic hydroxyl groups is 1. The molecule has 1 aliphatic heterocycles. The molecule has 0 aromatic rings. The van der Waals surface area contributed by atoms with E-state index in [0.29, 0.717) is 6.42 Å². The molecule has 13 heavy (non-hydrogen) atoms. The summed E-state index contributed by atoms with van der Waals surface area (Å²) in [5.74, 6) is 0. The highest BCUT2D eigenvalue weighted by atomic mass is 16.5. The zero-order valence-electron chi connectivity index (χ0n) is 8.11. The topological polar surface area (TPSA) is 58.7 Å². The number of nitrogens with two attached hydrogens (primary N) is 1. The van der Waals surface area contributed by atoms with Crippen LogP contribution in [0.25, 0.3) is 0 Å². The summed E-state index contributed by atoms with van der Waals surface area (Å²) in [6, 6.07) is 0.100. The molecule has 0 bridgehead atoms. The van der Waals surface area contributed by atoms with Gasteiger partial charge in [0, 0.05) is 38.9 Å². The van der Waals surface area contributed by atoms with E-state index in [9.17, 15) is 0 Å². The van der Waals surface area contributed by atoms with E-state index in [1.54, 1.807) is 0 Å². The van der Waals surface area contributed by atoms with Gasteiger partial charge in [-0.25, -0.2) is 0 Å². The van der Waals surface area contributed by atoms with Crippen molar-refractivity contribution in [3.8, 4) is 0 Å². The third-order valence-electron chi connectivity index (χ3n) is 2.31. The second-order valence-electron chi connectivity index (χ2n) is 3.54. The molecular weight excluding hydrogens is 168 g/mol. The Bertz CT molecular complexity index is 125. The predicted octanol–water partition coefficient (Wildman–Crippen LogP) is -0.582. The zero-order chi connectivity index (χ0) is 9.52. The fourth-order valence-corrected chi connectivity index (χ4v) is 1.57. The fourth-order valence-electron chi connectivity index (χ4n) is 1.57. The molecule has 1 fully saturated rings. The Morgan fingerprint density at radius 1 is 1.38 bits per heavy atom. The maximum Gasteiger partial charge on any atom is 0.0593 e. The molecule has 0 amide bonds. The lowest BCUT2D eigenvalue weighted by molar-refractivity contribution is 0.139. The Balaban J connectivity index is 2.17. The SMILES string of the molecule is NC(CCO)CN1CCCOCC1. The molecule has 3 N–H and O–H groups in total. The van der Waals surface area contributed by atoms with E-state index in [1.165, 1.54) is 0 Å². The van der Waals surface area contributed by atoms with Crippen LogP contribution in [-0.4, -0.2) is 55.5 Å². The van der Waals surface area contributed by atoms with Crippen LogP contribution in [0.5, 0.6) is 0 Å². The van der Waals surface area contributed by atoms with Gasteiger partial charge < -0.3 is 15.6 Å². The van der Waals surface area contributed by atoms with Gasteiger partial charge in [-0.15, -0.1) is 0 Å². The van der Waals surface area contributed by atoms with Crippen molar-refractivity contribution in [1.29, 1.82) is 0 Å². The lowest BCUT2D eigenvalue weighted by Crippen LogP contribution is -2.39. The summed E-state index contributed by atoms with van der Waals surface area (Å²) >= 11 is 0. The molecule has 4 heteroatoms. The van der Waals surface area contributed by atoms with E-state index in [4.69, 9.17) is 15.6 Å². The molecule has 1 rings (SSSR count). The minimum absolute atomic E-state index is 0.100. The number of aliphatic hydroxyl groups excluding tert-OH is 1. The van der Waals surface area contributed by atoms with E-state index in [0.717, 1.165) is 39.3 Å². The van der Waals surface area contributed by atoms with Gasteiger partial charge in [-0.3, -0.25) is 4.90 Å². The predicted molar refractivity (Wildman–Crippen MR) is 51.6 cm³/mol. The molecule has 1 aliphatic rings. The number of hydrogen-bond donors (Lipinski definition) is 2. The Labute approximate surface area is 79.7 Å². The van der Waals surface area contributed by atoms with Gasteiger partial charge in [0.25, 0.3) is 0 Å². The highest BCUT2D eigenvalue weighted by Crippen LogP contribution is 2.00. The quantitative estimate of drug-likeness (QED) is 0.619. The number of hydrogen-bond acceptors (Lipinski definition) is 4. The summed E-state index contributed by atoms with van der Waals surface area (Å²) in [6.07, 6.45) is 1.78. The van der Waals surface area contributed by atoms with E-state index in [-0.39, 0.29) is 12.6 Å². The van der Waals surface area contributed by atoms with Crippen LogP contribution in [0.2, 0.25) is 0 Å². The lowest BCUT2D eigenvalue weighted by Gasteiger charge is -2.22. The van der Waals surface area contributed by atoms with Gasteiger partial charge >= 0.3 is 0 Å².